The fourth-order valence-corrected chi connectivity index (χ4v) is 2.17. The minimum absolute atomic E-state index is 0.0301. The van der Waals surface area contributed by atoms with Crippen molar-refractivity contribution in [3.8, 4) is 0 Å². The second-order valence-electron chi connectivity index (χ2n) is 4.82. The number of aromatic carboxylic acids is 1. The summed E-state index contributed by atoms with van der Waals surface area (Å²) in [6, 6.07) is 4.16. The molecule has 20 heavy (non-hydrogen) atoms. The first-order valence-corrected chi connectivity index (χ1v) is 6.83. The number of carboxylic acid groups (broad SMARTS) is 1. The van der Waals surface area contributed by atoms with Crippen LogP contribution in [0.3, 0.4) is 0 Å². The van der Waals surface area contributed by atoms with Crippen molar-refractivity contribution in [2.75, 3.05) is 5.32 Å². The molecule has 0 heterocycles. The molecule has 0 aromatic heterocycles. The van der Waals surface area contributed by atoms with Crippen LogP contribution in [0.4, 0.5) is 10.5 Å². The molecule has 0 aliphatic carbocycles. The van der Waals surface area contributed by atoms with Gasteiger partial charge in [-0.05, 0) is 24.5 Å². The number of anilines is 1. The van der Waals surface area contributed by atoms with Gasteiger partial charge in [0.2, 0.25) is 0 Å². The van der Waals surface area contributed by atoms with Gasteiger partial charge in [0.15, 0.2) is 0 Å². The van der Waals surface area contributed by atoms with E-state index in [9.17, 15) is 9.59 Å². The van der Waals surface area contributed by atoms with Crippen LogP contribution < -0.4 is 10.6 Å². The molecule has 0 aliphatic rings. The minimum Gasteiger partial charge on any atom is -0.478 e. The van der Waals surface area contributed by atoms with Gasteiger partial charge in [-0.15, -0.1) is 0 Å². The van der Waals surface area contributed by atoms with Gasteiger partial charge in [-0.3, -0.25) is 0 Å². The highest BCUT2D eigenvalue weighted by Gasteiger charge is 2.18. The molecule has 110 valence electrons. The van der Waals surface area contributed by atoms with Crippen molar-refractivity contribution in [2.24, 2.45) is 5.92 Å². The van der Waals surface area contributed by atoms with Gasteiger partial charge in [-0.1, -0.05) is 38.4 Å². The van der Waals surface area contributed by atoms with Gasteiger partial charge in [-0.2, -0.15) is 0 Å². The number of hydrogen-bond donors (Lipinski definition) is 3. The molecule has 1 rings (SSSR count). The van der Waals surface area contributed by atoms with Gasteiger partial charge in [0.05, 0.1) is 10.7 Å². The van der Waals surface area contributed by atoms with Crippen molar-refractivity contribution in [3.63, 3.8) is 0 Å². The van der Waals surface area contributed by atoms with Crippen molar-refractivity contribution in [2.45, 2.75) is 33.2 Å². The summed E-state index contributed by atoms with van der Waals surface area (Å²) in [5.74, 6) is -0.883. The number of carboxylic acids is 1. The Morgan fingerprint density at radius 2 is 2.00 bits per heavy atom. The van der Waals surface area contributed by atoms with Crippen LogP contribution in [0.1, 0.15) is 37.6 Å². The normalized spacial score (nSPS) is 12.1. The van der Waals surface area contributed by atoms with Crippen LogP contribution in [0.5, 0.6) is 0 Å². The van der Waals surface area contributed by atoms with Crippen molar-refractivity contribution in [1.82, 2.24) is 5.32 Å². The molecule has 6 heteroatoms. The summed E-state index contributed by atoms with van der Waals surface area (Å²) < 4.78 is 0. The predicted octanol–water partition coefficient (Wildman–Crippen LogP) is 3.59. The average Bonchev–Trinajstić information content (AvgIpc) is 2.35. The Bertz CT molecular complexity index is 503. The largest absolute Gasteiger partial charge is 0.478 e. The summed E-state index contributed by atoms with van der Waals surface area (Å²) in [7, 11) is 0. The highest BCUT2D eigenvalue weighted by molar-refractivity contribution is 6.34. The summed E-state index contributed by atoms with van der Waals surface area (Å²) in [6.07, 6.45) is 0.798. The van der Waals surface area contributed by atoms with E-state index in [2.05, 4.69) is 10.6 Å². The van der Waals surface area contributed by atoms with Crippen LogP contribution in [0.2, 0.25) is 5.02 Å². The Balaban J connectivity index is 2.86. The van der Waals surface area contributed by atoms with Crippen LogP contribution >= 0.6 is 11.6 Å². The first-order chi connectivity index (χ1) is 9.36. The van der Waals surface area contributed by atoms with E-state index in [1.165, 1.54) is 12.1 Å². The number of carbonyl (C=O) groups excluding carboxylic acids is 1. The smallest absolute Gasteiger partial charge is 0.339 e. The van der Waals surface area contributed by atoms with Crippen LogP contribution in [0, 0.1) is 5.92 Å². The van der Waals surface area contributed by atoms with Crippen LogP contribution in [0.25, 0.3) is 0 Å². The fraction of sp³-hybridized carbons (Fsp3) is 0.429. The van der Waals surface area contributed by atoms with Crippen LogP contribution in [0.15, 0.2) is 18.2 Å². The van der Waals surface area contributed by atoms with E-state index in [1.54, 1.807) is 6.07 Å². The molecule has 1 unspecified atom stereocenters. The lowest BCUT2D eigenvalue weighted by atomic mass is 10.0. The Hall–Kier alpha value is -1.75. The number of halogens is 1. The third kappa shape index (κ3) is 4.13. The Morgan fingerprint density at radius 3 is 2.50 bits per heavy atom. The quantitative estimate of drug-likeness (QED) is 0.777. The number of rotatable bonds is 5. The first-order valence-electron chi connectivity index (χ1n) is 6.46. The van der Waals surface area contributed by atoms with Crippen molar-refractivity contribution >= 4 is 29.3 Å². The van der Waals surface area contributed by atoms with Crippen LogP contribution in [-0.2, 0) is 0 Å². The molecule has 5 nitrogen and oxygen atoms in total. The first kappa shape index (κ1) is 16.3. The molecule has 1 aromatic carbocycles. The van der Waals surface area contributed by atoms with Gasteiger partial charge in [0, 0.05) is 6.04 Å². The van der Waals surface area contributed by atoms with Gasteiger partial charge >= 0.3 is 12.0 Å². The molecule has 0 aliphatic heterocycles. The van der Waals surface area contributed by atoms with E-state index < -0.39 is 12.0 Å². The molecular formula is C14H19ClN2O3. The minimum atomic E-state index is -1.18. The topological polar surface area (TPSA) is 78.4 Å². The van der Waals surface area contributed by atoms with Crippen molar-refractivity contribution in [1.29, 1.82) is 0 Å². The van der Waals surface area contributed by atoms with E-state index in [1.807, 2.05) is 20.8 Å². The number of carbonyl (C=O) groups is 2. The molecule has 2 amide bonds. The van der Waals surface area contributed by atoms with E-state index in [0.717, 1.165) is 6.42 Å². The number of urea groups is 1. The zero-order valence-electron chi connectivity index (χ0n) is 11.7. The van der Waals surface area contributed by atoms with Gasteiger partial charge in [0.1, 0.15) is 5.56 Å². The Morgan fingerprint density at radius 1 is 1.35 bits per heavy atom. The van der Waals surface area contributed by atoms with Gasteiger partial charge in [0.25, 0.3) is 0 Å². The molecule has 0 bridgehead atoms. The number of nitrogens with one attached hydrogen (secondary N) is 2. The molecule has 1 aromatic rings. The van der Waals surface area contributed by atoms with E-state index in [-0.39, 0.29) is 22.3 Å². The fourth-order valence-electron chi connectivity index (χ4n) is 1.91. The average molecular weight is 299 g/mol. The zero-order valence-corrected chi connectivity index (χ0v) is 12.5. The molecule has 0 saturated carbocycles. The van der Waals surface area contributed by atoms with Crippen molar-refractivity contribution in [3.05, 3.63) is 28.8 Å². The lowest BCUT2D eigenvalue weighted by Gasteiger charge is -2.21. The highest BCUT2D eigenvalue weighted by Crippen LogP contribution is 2.24. The third-order valence-electron chi connectivity index (χ3n) is 3.04. The Labute approximate surface area is 123 Å². The SMILES string of the molecule is CCC(NC(=O)Nc1cccc(Cl)c1C(=O)O)C(C)C. The molecule has 3 N–H and O–H groups in total. The summed E-state index contributed by atoms with van der Waals surface area (Å²) in [4.78, 5) is 23.1. The van der Waals surface area contributed by atoms with Crippen molar-refractivity contribution < 1.29 is 14.7 Å². The standard InChI is InChI=1S/C14H19ClN2O3/c1-4-10(8(2)3)16-14(20)17-11-7-5-6-9(15)12(11)13(18)19/h5-8,10H,4H2,1-3H3,(H,18,19)(H2,16,17,20). The molecule has 0 radical (unpaired) electrons. The second-order valence-corrected chi connectivity index (χ2v) is 5.23. The van der Waals surface area contributed by atoms with E-state index in [4.69, 9.17) is 16.7 Å². The van der Waals surface area contributed by atoms with E-state index in [0.29, 0.717) is 5.92 Å². The number of hydrogen-bond acceptors (Lipinski definition) is 2. The summed E-state index contributed by atoms with van der Waals surface area (Å²) >= 11 is 5.84. The lowest BCUT2D eigenvalue weighted by Crippen LogP contribution is -2.40. The lowest BCUT2D eigenvalue weighted by molar-refractivity contribution is 0.0698. The molecular weight excluding hydrogens is 280 g/mol. The summed E-state index contributed by atoms with van der Waals surface area (Å²) in [6.45, 7) is 6.00. The zero-order chi connectivity index (χ0) is 15.3. The number of amides is 2. The molecule has 0 fully saturated rings. The second kappa shape index (κ2) is 7.14. The third-order valence-corrected chi connectivity index (χ3v) is 3.35. The maximum absolute atomic E-state index is 11.9. The monoisotopic (exact) mass is 298 g/mol. The maximum Gasteiger partial charge on any atom is 0.339 e. The van der Waals surface area contributed by atoms with Gasteiger partial charge in [-0.25, -0.2) is 9.59 Å². The number of benzene rings is 1. The summed E-state index contributed by atoms with van der Waals surface area (Å²) in [5.41, 5.74) is 0.0722. The molecule has 1 atom stereocenters. The molecule has 0 saturated heterocycles. The van der Waals surface area contributed by atoms with Gasteiger partial charge < -0.3 is 15.7 Å². The van der Waals surface area contributed by atoms with Crippen LogP contribution in [-0.4, -0.2) is 23.1 Å². The molecule has 0 spiro atoms. The predicted molar refractivity (Wildman–Crippen MR) is 79.5 cm³/mol. The Kier molecular flexibility index (Phi) is 5.82. The highest BCUT2D eigenvalue weighted by atomic mass is 35.5. The summed E-state index contributed by atoms with van der Waals surface area (Å²) in [5, 5.41) is 14.6. The maximum atomic E-state index is 11.9. The van der Waals surface area contributed by atoms with E-state index >= 15 is 0 Å².